The lowest BCUT2D eigenvalue weighted by molar-refractivity contribution is 0.0683. The summed E-state index contributed by atoms with van der Waals surface area (Å²) in [6.45, 7) is 3.86. The Morgan fingerprint density at radius 3 is 2.68 bits per heavy atom. The minimum Gasteiger partial charge on any atom is -0.490 e. The summed E-state index contributed by atoms with van der Waals surface area (Å²) in [5, 5.41) is 8.91. The molecule has 1 heterocycles. The first-order valence-corrected chi connectivity index (χ1v) is 5.90. The second-order valence-electron chi connectivity index (χ2n) is 4.23. The average molecular weight is 258 g/mol. The third-order valence-corrected chi connectivity index (χ3v) is 2.37. The molecule has 0 radical (unpaired) electrons. The standard InChI is InChI=1S/C14H14N2O3/c1-9(2)19-12-6-4-3-5-10(12)11-7-8-15-13(16-11)14(17)18/h3-9H,1-2H3,(H,17,18). The van der Waals surface area contributed by atoms with Crippen LogP contribution in [-0.2, 0) is 0 Å². The van der Waals surface area contributed by atoms with Crippen LogP contribution in [0.25, 0.3) is 11.3 Å². The van der Waals surface area contributed by atoms with Crippen molar-refractivity contribution in [3.05, 3.63) is 42.4 Å². The Morgan fingerprint density at radius 2 is 2.00 bits per heavy atom. The molecule has 2 aromatic rings. The van der Waals surface area contributed by atoms with E-state index in [4.69, 9.17) is 9.84 Å². The van der Waals surface area contributed by atoms with Gasteiger partial charge in [0.05, 0.1) is 11.8 Å². The molecule has 0 saturated carbocycles. The van der Waals surface area contributed by atoms with Crippen molar-refractivity contribution in [2.45, 2.75) is 20.0 Å². The van der Waals surface area contributed by atoms with Crippen molar-refractivity contribution in [1.29, 1.82) is 0 Å². The molecule has 0 aliphatic rings. The smallest absolute Gasteiger partial charge is 0.373 e. The van der Waals surface area contributed by atoms with E-state index < -0.39 is 5.97 Å². The molecule has 5 heteroatoms. The van der Waals surface area contributed by atoms with Gasteiger partial charge < -0.3 is 9.84 Å². The SMILES string of the molecule is CC(C)Oc1ccccc1-c1ccnc(C(=O)O)n1. The van der Waals surface area contributed by atoms with E-state index in [1.165, 1.54) is 6.20 Å². The average Bonchev–Trinajstić information content (AvgIpc) is 2.39. The number of carbonyl (C=O) groups is 1. The first-order chi connectivity index (χ1) is 9.08. The van der Waals surface area contributed by atoms with Gasteiger partial charge in [0.2, 0.25) is 5.82 Å². The quantitative estimate of drug-likeness (QED) is 0.912. The summed E-state index contributed by atoms with van der Waals surface area (Å²) in [6.07, 6.45) is 1.46. The molecule has 0 atom stereocenters. The number of hydrogen-bond acceptors (Lipinski definition) is 4. The van der Waals surface area contributed by atoms with Gasteiger partial charge in [0.25, 0.3) is 0 Å². The molecule has 0 unspecified atom stereocenters. The monoisotopic (exact) mass is 258 g/mol. The minimum atomic E-state index is -1.15. The van der Waals surface area contributed by atoms with Crippen LogP contribution in [0, 0.1) is 0 Å². The van der Waals surface area contributed by atoms with Crippen molar-refractivity contribution >= 4 is 5.97 Å². The van der Waals surface area contributed by atoms with Gasteiger partial charge in [-0.15, -0.1) is 0 Å². The maximum Gasteiger partial charge on any atom is 0.373 e. The topological polar surface area (TPSA) is 72.3 Å². The van der Waals surface area contributed by atoms with E-state index in [1.54, 1.807) is 6.07 Å². The largest absolute Gasteiger partial charge is 0.490 e. The number of carboxylic acid groups (broad SMARTS) is 1. The fraction of sp³-hybridized carbons (Fsp3) is 0.214. The van der Waals surface area contributed by atoms with Crippen LogP contribution in [-0.4, -0.2) is 27.1 Å². The maximum absolute atomic E-state index is 10.9. The van der Waals surface area contributed by atoms with Crippen LogP contribution >= 0.6 is 0 Å². The number of benzene rings is 1. The van der Waals surface area contributed by atoms with Gasteiger partial charge in [0, 0.05) is 11.8 Å². The molecule has 0 bridgehead atoms. The summed E-state index contributed by atoms with van der Waals surface area (Å²) in [6, 6.07) is 9.05. The van der Waals surface area contributed by atoms with E-state index >= 15 is 0 Å². The van der Waals surface area contributed by atoms with Gasteiger partial charge in [0.15, 0.2) is 0 Å². The number of ether oxygens (including phenoxy) is 1. The van der Waals surface area contributed by atoms with Gasteiger partial charge in [-0.25, -0.2) is 14.8 Å². The highest BCUT2D eigenvalue weighted by molar-refractivity contribution is 5.84. The van der Waals surface area contributed by atoms with Gasteiger partial charge in [-0.2, -0.15) is 0 Å². The molecule has 0 aliphatic heterocycles. The Hall–Kier alpha value is -2.43. The first-order valence-electron chi connectivity index (χ1n) is 5.90. The number of aromatic carboxylic acids is 1. The van der Waals surface area contributed by atoms with Crippen molar-refractivity contribution in [3.8, 4) is 17.0 Å². The first kappa shape index (κ1) is 13.0. The van der Waals surface area contributed by atoms with Gasteiger partial charge in [-0.05, 0) is 32.0 Å². The van der Waals surface area contributed by atoms with Crippen LogP contribution in [0.1, 0.15) is 24.5 Å². The lowest BCUT2D eigenvalue weighted by Crippen LogP contribution is -2.08. The minimum absolute atomic E-state index is 0.0296. The van der Waals surface area contributed by atoms with Crippen molar-refractivity contribution < 1.29 is 14.6 Å². The summed E-state index contributed by atoms with van der Waals surface area (Å²) < 4.78 is 5.69. The summed E-state index contributed by atoms with van der Waals surface area (Å²) in [4.78, 5) is 18.6. The summed E-state index contributed by atoms with van der Waals surface area (Å²) in [5.41, 5.74) is 1.28. The van der Waals surface area contributed by atoms with Crippen LogP contribution in [0.15, 0.2) is 36.5 Å². The Kier molecular flexibility index (Phi) is 3.75. The molecular formula is C14H14N2O3. The predicted molar refractivity (Wildman–Crippen MR) is 70.2 cm³/mol. The van der Waals surface area contributed by atoms with Gasteiger partial charge >= 0.3 is 5.97 Å². The summed E-state index contributed by atoms with van der Waals surface area (Å²) in [7, 11) is 0. The van der Waals surface area contributed by atoms with E-state index in [0.717, 1.165) is 5.56 Å². The molecule has 19 heavy (non-hydrogen) atoms. The number of para-hydroxylation sites is 1. The van der Waals surface area contributed by atoms with Crippen LogP contribution < -0.4 is 4.74 Å². The van der Waals surface area contributed by atoms with Crippen LogP contribution in [0.3, 0.4) is 0 Å². The summed E-state index contributed by atoms with van der Waals surface area (Å²) in [5.74, 6) is -0.700. The van der Waals surface area contributed by atoms with E-state index in [1.807, 2.05) is 38.1 Å². The van der Waals surface area contributed by atoms with E-state index in [2.05, 4.69) is 9.97 Å². The lowest BCUT2D eigenvalue weighted by Gasteiger charge is -2.13. The fourth-order valence-electron chi connectivity index (χ4n) is 1.65. The summed E-state index contributed by atoms with van der Waals surface area (Å²) >= 11 is 0. The van der Waals surface area contributed by atoms with E-state index in [0.29, 0.717) is 11.4 Å². The van der Waals surface area contributed by atoms with Crippen molar-refractivity contribution in [2.24, 2.45) is 0 Å². The highest BCUT2D eigenvalue weighted by Crippen LogP contribution is 2.28. The third kappa shape index (κ3) is 3.07. The van der Waals surface area contributed by atoms with Gasteiger partial charge in [-0.1, -0.05) is 12.1 Å². The fourth-order valence-corrected chi connectivity index (χ4v) is 1.65. The molecule has 1 aromatic heterocycles. The molecule has 1 N–H and O–H groups in total. The molecule has 5 nitrogen and oxygen atoms in total. The number of nitrogens with zero attached hydrogens (tertiary/aromatic N) is 2. The Bertz CT molecular complexity index is 597. The molecule has 0 spiro atoms. The predicted octanol–water partition coefficient (Wildman–Crippen LogP) is 2.63. The molecule has 2 rings (SSSR count). The number of carboxylic acids is 1. The number of rotatable bonds is 4. The van der Waals surface area contributed by atoms with Crippen LogP contribution in [0.5, 0.6) is 5.75 Å². The molecule has 1 aromatic carbocycles. The van der Waals surface area contributed by atoms with Crippen molar-refractivity contribution in [2.75, 3.05) is 0 Å². The second-order valence-corrected chi connectivity index (χ2v) is 4.23. The van der Waals surface area contributed by atoms with Gasteiger partial charge in [-0.3, -0.25) is 0 Å². The van der Waals surface area contributed by atoms with E-state index in [9.17, 15) is 4.79 Å². The Labute approximate surface area is 110 Å². The lowest BCUT2D eigenvalue weighted by atomic mass is 10.1. The Balaban J connectivity index is 2.46. The zero-order chi connectivity index (χ0) is 13.8. The second kappa shape index (κ2) is 5.48. The number of hydrogen-bond donors (Lipinski definition) is 1. The third-order valence-electron chi connectivity index (χ3n) is 2.37. The van der Waals surface area contributed by atoms with Crippen molar-refractivity contribution in [1.82, 2.24) is 9.97 Å². The van der Waals surface area contributed by atoms with Gasteiger partial charge in [0.1, 0.15) is 5.75 Å². The van der Waals surface area contributed by atoms with Crippen LogP contribution in [0.2, 0.25) is 0 Å². The number of aromatic nitrogens is 2. The van der Waals surface area contributed by atoms with Crippen LogP contribution in [0.4, 0.5) is 0 Å². The zero-order valence-corrected chi connectivity index (χ0v) is 10.7. The highest BCUT2D eigenvalue weighted by Gasteiger charge is 2.12. The molecule has 98 valence electrons. The molecule has 0 aliphatic carbocycles. The molecule has 0 saturated heterocycles. The van der Waals surface area contributed by atoms with E-state index in [-0.39, 0.29) is 11.9 Å². The molecule has 0 amide bonds. The Morgan fingerprint density at radius 1 is 1.26 bits per heavy atom. The zero-order valence-electron chi connectivity index (χ0n) is 10.7. The normalized spacial score (nSPS) is 10.5. The molecule has 0 fully saturated rings. The highest BCUT2D eigenvalue weighted by atomic mass is 16.5. The molecular weight excluding hydrogens is 244 g/mol. The maximum atomic E-state index is 10.9. The van der Waals surface area contributed by atoms with Crippen molar-refractivity contribution in [3.63, 3.8) is 0 Å².